The third-order valence-corrected chi connectivity index (χ3v) is 3.65. The molecule has 0 aliphatic rings. The van der Waals surface area contributed by atoms with Crippen LogP contribution < -0.4 is 11.1 Å². The Morgan fingerprint density at radius 3 is 2.86 bits per heavy atom. The zero-order chi connectivity index (χ0) is 14.8. The molecule has 2 aromatic carbocycles. The fraction of sp³-hybridized carbons (Fsp3) is 0.118. The molecule has 0 aliphatic carbocycles. The predicted octanol–water partition coefficient (Wildman–Crippen LogP) is 3.19. The molecule has 0 aliphatic heterocycles. The number of H-pyrrole nitrogens is 1. The smallest absolute Gasteiger partial charge is 0.248 e. The van der Waals surface area contributed by atoms with Gasteiger partial charge in [-0.25, -0.2) is 0 Å². The van der Waals surface area contributed by atoms with Crippen LogP contribution in [0.15, 0.2) is 48.7 Å². The first-order valence-corrected chi connectivity index (χ1v) is 6.84. The van der Waals surface area contributed by atoms with Gasteiger partial charge in [0.1, 0.15) is 0 Å². The lowest BCUT2D eigenvalue weighted by atomic mass is 10.1. The molecular formula is C17H17N3O. The number of aryl methyl sites for hydroxylation is 1. The summed E-state index contributed by atoms with van der Waals surface area (Å²) >= 11 is 0. The van der Waals surface area contributed by atoms with Crippen molar-refractivity contribution >= 4 is 22.5 Å². The number of nitrogens with two attached hydrogens (primary N) is 1. The number of fused-ring (bicyclic) bond motifs is 1. The molecule has 0 fully saturated rings. The first-order valence-electron chi connectivity index (χ1n) is 6.84. The maximum absolute atomic E-state index is 11.2. The molecule has 0 radical (unpaired) electrons. The molecule has 4 heteroatoms. The van der Waals surface area contributed by atoms with Gasteiger partial charge in [0.25, 0.3) is 0 Å². The molecule has 0 bridgehead atoms. The monoisotopic (exact) mass is 279 g/mol. The summed E-state index contributed by atoms with van der Waals surface area (Å²) in [5.74, 6) is -0.402. The second kappa shape index (κ2) is 5.32. The van der Waals surface area contributed by atoms with Crippen molar-refractivity contribution in [2.24, 2.45) is 5.73 Å². The number of hydrogen-bond donors (Lipinski definition) is 3. The standard InChI is InChI=1S/C17H17N3O/c1-11-9-13(17(18)21)5-6-15(11)20-10-14-4-2-3-12-7-8-19-16(12)14/h2-9,19-20H,10H2,1H3,(H2,18,21). The van der Waals surface area contributed by atoms with Gasteiger partial charge >= 0.3 is 0 Å². The molecule has 1 aromatic heterocycles. The number of nitrogens with one attached hydrogen (secondary N) is 2. The molecule has 21 heavy (non-hydrogen) atoms. The van der Waals surface area contributed by atoms with Crippen LogP contribution in [0.2, 0.25) is 0 Å². The lowest BCUT2D eigenvalue weighted by molar-refractivity contribution is 0.1000. The lowest BCUT2D eigenvalue weighted by Gasteiger charge is -2.11. The largest absolute Gasteiger partial charge is 0.381 e. The van der Waals surface area contributed by atoms with Crippen molar-refractivity contribution < 1.29 is 4.79 Å². The number of carbonyl (C=O) groups is 1. The van der Waals surface area contributed by atoms with Crippen LogP contribution in [0.5, 0.6) is 0 Å². The number of rotatable bonds is 4. The fourth-order valence-corrected chi connectivity index (χ4v) is 2.50. The van der Waals surface area contributed by atoms with Gasteiger partial charge in [0.2, 0.25) is 5.91 Å². The normalized spacial score (nSPS) is 10.7. The molecule has 3 aromatic rings. The van der Waals surface area contributed by atoms with E-state index in [2.05, 4.69) is 34.6 Å². The van der Waals surface area contributed by atoms with Crippen LogP contribution >= 0.6 is 0 Å². The Kier molecular flexibility index (Phi) is 3.36. The number of aromatic amines is 1. The minimum Gasteiger partial charge on any atom is -0.381 e. The first kappa shape index (κ1) is 13.2. The number of aromatic nitrogens is 1. The third kappa shape index (κ3) is 2.60. The molecule has 3 rings (SSSR count). The van der Waals surface area contributed by atoms with E-state index >= 15 is 0 Å². The van der Waals surface area contributed by atoms with E-state index in [0.717, 1.165) is 16.8 Å². The molecule has 0 saturated heterocycles. The molecule has 4 N–H and O–H groups in total. The van der Waals surface area contributed by atoms with Gasteiger partial charge in [-0.1, -0.05) is 18.2 Å². The number of benzene rings is 2. The summed E-state index contributed by atoms with van der Waals surface area (Å²) in [4.78, 5) is 14.4. The summed E-state index contributed by atoms with van der Waals surface area (Å²) in [5, 5.41) is 4.61. The van der Waals surface area contributed by atoms with E-state index in [9.17, 15) is 4.79 Å². The molecule has 0 saturated carbocycles. The van der Waals surface area contributed by atoms with Gasteiger partial charge in [-0.15, -0.1) is 0 Å². The van der Waals surface area contributed by atoms with Gasteiger partial charge in [0.15, 0.2) is 0 Å². The van der Waals surface area contributed by atoms with E-state index in [1.165, 1.54) is 10.9 Å². The molecule has 106 valence electrons. The van der Waals surface area contributed by atoms with Crippen molar-refractivity contribution in [1.82, 2.24) is 4.98 Å². The molecular weight excluding hydrogens is 262 g/mol. The van der Waals surface area contributed by atoms with Crippen LogP contribution in [0.25, 0.3) is 10.9 Å². The van der Waals surface area contributed by atoms with E-state index in [1.807, 2.05) is 19.2 Å². The summed E-state index contributed by atoms with van der Waals surface area (Å²) in [6.07, 6.45) is 1.95. The highest BCUT2D eigenvalue weighted by molar-refractivity contribution is 5.93. The SMILES string of the molecule is Cc1cc(C(N)=O)ccc1NCc1cccc2cc[nH]c12. The molecule has 0 unspecified atom stereocenters. The van der Waals surface area contributed by atoms with Crippen molar-refractivity contribution in [2.75, 3.05) is 5.32 Å². The van der Waals surface area contributed by atoms with Gasteiger partial charge in [-0.3, -0.25) is 4.79 Å². The lowest BCUT2D eigenvalue weighted by Crippen LogP contribution is -2.11. The second-order valence-electron chi connectivity index (χ2n) is 5.11. The minimum absolute atomic E-state index is 0.402. The van der Waals surface area contributed by atoms with Crippen molar-refractivity contribution in [1.29, 1.82) is 0 Å². The Hall–Kier alpha value is -2.75. The van der Waals surface area contributed by atoms with Gasteiger partial charge in [-0.2, -0.15) is 0 Å². The molecule has 0 atom stereocenters. The predicted molar refractivity (Wildman–Crippen MR) is 85.3 cm³/mol. The van der Waals surface area contributed by atoms with Crippen LogP contribution in [0, 0.1) is 6.92 Å². The highest BCUT2D eigenvalue weighted by Crippen LogP contribution is 2.20. The summed E-state index contributed by atoms with van der Waals surface area (Å²) in [6, 6.07) is 13.7. The quantitative estimate of drug-likeness (QED) is 0.686. The highest BCUT2D eigenvalue weighted by atomic mass is 16.1. The number of hydrogen-bond acceptors (Lipinski definition) is 2. The number of para-hydroxylation sites is 1. The third-order valence-electron chi connectivity index (χ3n) is 3.65. The number of amides is 1. The van der Waals surface area contributed by atoms with E-state index < -0.39 is 5.91 Å². The highest BCUT2D eigenvalue weighted by Gasteiger charge is 2.05. The van der Waals surface area contributed by atoms with Crippen LogP contribution in [-0.2, 0) is 6.54 Å². The maximum Gasteiger partial charge on any atom is 0.248 e. The Bertz CT molecular complexity index is 805. The minimum atomic E-state index is -0.402. The number of carbonyl (C=O) groups excluding carboxylic acids is 1. The van der Waals surface area contributed by atoms with Gasteiger partial charge in [-0.05, 0) is 47.7 Å². The van der Waals surface area contributed by atoms with Gasteiger partial charge in [0, 0.05) is 24.0 Å². The second-order valence-corrected chi connectivity index (χ2v) is 5.11. The zero-order valence-corrected chi connectivity index (χ0v) is 11.8. The van der Waals surface area contributed by atoms with Crippen molar-refractivity contribution in [2.45, 2.75) is 13.5 Å². The Morgan fingerprint density at radius 2 is 2.10 bits per heavy atom. The number of anilines is 1. The average molecular weight is 279 g/mol. The fourth-order valence-electron chi connectivity index (χ4n) is 2.50. The van der Waals surface area contributed by atoms with Crippen molar-refractivity contribution in [3.63, 3.8) is 0 Å². The summed E-state index contributed by atoms with van der Waals surface area (Å²) in [6.45, 7) is 2.68. The van der Waals surface area contributed by atoms with E-state index in [-0.39, 0.29) is 0 Å². The van der Waals surface area contributed by atoms with E-state index in [1.54, 1.807) is 12.1 Å². The summed E-state index contributed by atoms with van der Waals surface area (Å²) < 4.78 is 0. The maximum atomic E-state index is 11.2. The molecule has 4 nitrogen and oxygen atoms in total. The van der Waals surface area contributed by atoms with Crippen LogP contribution in [0.3, 0.4) is 0 Å². The van der Waals surface area contributed by atoms with Crippen LogP contribution in [0.4, 0.5) is 5.69 Å². The average Bonchev–Trinajstić information content (AvgIpc) is 2.94. The molecule has 0 spiro atoms. The van der Waals surface area contributed by atoms with Crippen molar-refractivity contribution in [3.05, 3.63) is 65.4 Å². The molecule has 1 amide bonds. The Morgan fingerprint density at radius 1 is 1.24 bits per heavy atom. The number of primary amides is 1. The molecule has 1 heterocycles. The van der Waals surface area contributed by atoms with Crippen LogP contribution in [0.1, 0.15) is 21.5 Å². The zero-order valence-electron chi connectivity index (χ0n) is 11.8. The van der Waals surface area contributed by atoms with Gasteiger partial charge < -0.3 is 16.0 Å². The summed E-state index contributed by atoms with van der Waals surface area (Å²) in [5.41, 5.74) is 10.2. The van der Waals surface area contributed by atoms with Crippen molar-refractivity contribution in [3.8, 4) is 0 Å². The van der Waals surface area contributed by atoms with E-state index in [0.29, 0.717) is 12.1 Å². The topological polar surface area (TPSA) is 70.9 Å². The Balaban J connectivity index is 1.82. The van der Waals surface area contributed by atoms with E-state index in [4.69, 9.17) is 5.73 Å². The Labute approximate surface area is 123 Å². The first-order chi connectivity index (χ1) is 10.1. The van der Waals surface area contributed by atoms with Gasteiger partial charge in [0.05, 0.1) is 5.52 Å². The van der Waals surface area contributed by atoms with Crippen LogP contribution in [-0.4, -0.2) is 10.9 Å². The summed E-state index contributed by atoms with van der Waals surface area (Å²) in [7, 11) is 0.